The van der Waals surface area contributed by atoms with Crippen LogP contribution in [0.4, 0.5) is 0 Å². The predicted octanol–water partition coefficient (Wildman–Crippen LogP) is 2.32. The van der Waals surface area contributed by atoms with E-state index in [0.717, 1.165) is 37.8 Å². The Hall–Kier alpha value is -0.570. The first-order chi connectivity index (χ1) is 8.66. The second-order valence-electron chi connectivity index (χ2n) is 6.41. The van der Waals surface area contributed by atoms with Gasteiger partial charge in [-0.15, -0.1) is 0 Å². The molecule has 18 heavy (non-hydrogen) atoms. The number of nitrogens with one attached hydrogen (secondary N) is 2. The third-order valence-corrected chi connectivity index (χ3v) is 4.73. The monoisotopic (exact) mass is 252 g/mol. The van der Waals surface area contributed by atoms with Gasteiger partial charge in [-0.2, -0.15) is 0 Å². The van der Waals surface area contributed by atoms with Crippen LogP contribution in [-0.2, 0) is 4.79 Å². The van der Waals surface area contributed by atoms with Gasteiger partial charge in [-0.05, 0) is 56.9 Å². The molecule has 1 aliphatic carbocycles. The Morgan fingerprint density at radius 1 is 1.17 bits per heavy atom. The fraction of sp³-hybridized carbons (Fsp3) is 0.933. The zero-order valence-corrected chi connectivity index (χ0v) is 11.9. The van der Waals surface area contributed by atoms with E-state index in [-0.39, 0.29) is 11.8 Å². The Morgan fingerprint density at radius 2 is 1.89 bits per heavy atom. The second kappa shape index (κ2) is 6.55. The molecule has 0 radical (unpaired) electrons. The van der Waals surface area contributed by atoms with Crippen molar-refractivity contribution in [1.82, 2.24) is 10.6 Å². The molecular formula is C15H28N2O. The first kappa shape index (κ1) is 13.9. The maximum Gasteiger partial charge on any atom is 0.224 e. The van der Waals surface area contributed by atoms with Gasteiger partial charge in [0.15, 0.2) is 0 Å². The number of rotatable bonds is 3. The molecule has 1 atom stereocenters. The zero-order valence-electron chi connectivity index (χ0n) is 11.9. The van der Waals surface area contributed by atoms with E-state index in [4.69, 9.17) is 0 Å². The summed E-state index contributed by atoms with van der Waals surface area (Å²) in [5.41, 5.74) is 0. The van der Waals surface area contributed by atoms with Crippen molar-refractivity contribution in [3.8, 4) is 0 Å². The summed E-state index contributed by atoms with van der Waals surface area (Å²) in [6.07, 6.45) is 7.11. The summed E-state index contributed by atoms with van der Waals surface area (Å²) in [6, 6.07) is 0.439. The van der Waals surface area contributed by atoms with E-state index in [1.807, 2.05) is 0 Å². The standard InChI is InChI=1S/C15H28N2O/c1-11(2)12-5-7-14(8-6-12)17-15(18)13-4-3-9-16-10-13/h11-14,16H,3-10H2,1-2H3,(H,17,18). The molecule has 2 aliphatic rings. The fourth-order valence-corrected chi connectivity index (χ4v) is 3.32. The molecule has 1 saturated carbocycles. The van der Waals surface area contributed by atoms with Gasteiger partial charge >= 0.3 is 0 Å². The van der Waals surface area contributed by atoms with Crippen LogP contribution in [0.1, 0.15) is 52.4 Å². The Morgan fingerprint density at radius 3 is 2.44 bits per heavy atom. The van der Waals surface area contributed by atoms with Gasteiger partial charge in [0.2, 0.25) is 5.91 Å². The summed E-state index contributed by atoms with van der Waals surface area (Å²) in [5, 5.41) is 6.58. The van der Waals surface area contributed by atoms with Gasteiger partial charge in [0.25, 0.3) is 0 Å². The molecule has 0 aromatic carbocycles. The summed E-state index contributed by atoms with van der Waals surface area (Å²) in [5.74, 6) is 2.16. The quantitative estimate of drug-likeness (QED) is 0.809. The minimum atomic E-state index is 0.210. The van der Waals surface area contributed by atoms with Gasteiger partial charge in [-0.3, -0.25) is 4.79 Å². The molecule has 0 aromatic rings. The highest BCUT2D eigenvalue weighted by atomic mass is 16.2. The number of hydrogen-bond acceptors (Lipinski definition) is 2. The van der Waals surface area contributed by atoms with E-state index < -0.39 is 0 Å². The van der Waals surface area contributed by atoms with Crippen molar-refractivity contribution in [3.05, 3.63) is 0 Å². The molecule has 2 rings (SSSR count). The third kappa shape index (κ3) is 3.71. The Bertz CT molecular complexity index is 264. The van der Waals surface area contributed by atoms with Crippen molar-refractivity contribution in [2.75, 3.05) is 13.1 Å². The number of amides is 1. The topological polar surface area (TPSA) is 41.1 Å². The van der Waals surface area contributed by atoms with Crippen molar-refractivity contribution >= 4 is 5.91 Å². The van der Waals surface area contributed by atoms with E-state index in [9.17, 15) is 4.79 Å². The number of piperidine rings is 1. The lowest BCUT2D eigenvalue weighted by molar-refractivity contribution is -0.126. The molecular weight excluding hydrogens is 224 g/mol. The van der Waals surface area contributed by atoms with E-state index in [0.29, 0.717) is 6.04 Å². The number of carbonyl (C=O) groups is 1. The fourth-order valence-electron chi connectivity index (χ4n) is 3.32. The average Bonchev–Trinajstić information content (AvgIpc) is 2.40. The van der Waals surface area contributed by atoms with Crippen LogP contribution in [0.2, 0.25) is 0 Å². The van der Waals surface area contributed by atoms with Crippen molar-refractivity contribution in [3.63, 3.8) is 0 Å². The predicted molar refractivity (Wildman–Crippen MR) is 74.3 cm³/mol. The normalized spacial score (nSPS) is 33.4. The summed E-state index contributed by atoms with van der Waals surface area (Å²) in [6.45, 7) is 6.57. The van der Waals surface area contributed by atoms with Crippen molar-refractivity contribution in [2.45, 2.75) is 58.4 Å². The maximum atomic E-state index is 12.1. The Balaban J connectivity index is 1.72. The van der Waals surface area contributed by atoms with Gasteiger partial charge in [0.05, 0.1) is 5.92 Å². The zero-order chi connectivity index (χ0) is 13.0. The number of hydrogen-bond donors (Lipinski definition) is 2. The lowest BCUT2D eigenvalue weighted by Gasteiger charge is -2.32. The lowest BCUT2D eigenvalue weighted by atomic mass is 9.79. The van der Waals surface area contributed by atoms with Crippen molar-refractivity contribution < 1.29 is 4.79 Å². The van der Waals surface area contributed by atoms with Gasteiger partial charge in [0.1, 0.15) is 0 Å². The van der Waals surface area contributed by atoms with Crippen LogP contribution in [0, 0.1) is 17.8 Å². The van der Waals surface area contributed by atoms with Crippen LogP contribution in [-0.4, -0.2) is 25.0 Å². The highest BCUT2D eigenvalue weighted by Gasteiger charge is 2.27. The van der Waals surface area contributed by atoms with Gasteiger partial charge in [-0.1, -0.05) is 13.8 Å². The smallest absolute Gasteiger partial charge is 0.224 e. The second-order valence-corrected chi connectivity index (χ2v) is 6.41. The SMILES string of the molecule is CC(C)C1CCC(NC(=O)C2CCCNC2)CC1. The van der Waals surface area contributed by atoms with Crippen molar-refractivity contribution in [2.24, 2.45) is 17.8 Å². The molecule has 0 spiro atoms. The summed E-state index contributed by atoms with van der Waals surface area (Å²) < 4.78 is 0. The average molecular weight is 252 g/mol. The summed E-state index contributed by atoms with van der Waals surface area (Å²) in [4.78, 5) is 12.1. The Kier molecular flexibility index (Phi) is 5.04. The molecule has 1 unspecified atom stereocenters. The molecule has 2 fully saturated rings. The largest absolute Gasteiger partial charge is 0.353 e. The van der Waals surface area contributed by atoms with Crippen LogP contribution in [0.25, 0.3) is 0 Å². The molecule has 3 nitrogen and oxygen atoms in total. The first-order valence-electron chi connectivity index (χ1n) is 7.68. The summed E-state index contributed by atoms with van der Waals surface area (Å²) in [7, 11) is 0. The molecule has 104 valence electrons. The van der Waals surface area contributed by atoms with Gasteiger partial charge in [0, 0.05) is 12.6 Å². The van der Waals surface area contributed by atoms with Crippen LogP contribution in [0.5, 0.6) is 0 Å². The molecule has 1 aliphatic heterocycles. The highest BCUT2D eigenvalue weighted by Crippen LogP contribution is 2.30. The van der Waals surface area contributed by atoms with E-state index >= 15 is 0 Å². The molecule has 1 saturated heterocycles. The van der Waals surface area contributed by atoms with Crippen LogP contribution in [0.15, 0.2) is 0 Å². The highest BCUT2D eigenvalue weighted by molar-refractivity contribution is 5.79. The first-order valence-corrected chi connectivity index (χ1v) is 7.68. The Labute approximate surface area is 111 Å². The van der Waals surface area contributed by atoms with E-state index in [1.165, 1.54) is 25.7 Å². The number of carbonyl (C=O) groups excluding carboxylic acids is 1. The van der Waals surface area contributed by atoms with Gasteiger partial charge < -0.3 is 10.6 Å². The maximum absolute atomic E-state index is 12.1. The van der Waals surface area contributed by atoms with Crippen LogP contribution in [0.3, 0.4) is 0 Å². The van der Waals surface area contributed by atoms with Gasteiger partial charge in [-0.25, -0.2) is 0 Å². The summed E-state index contributed by atoms with van der Waals surface area (Å²) >= 11 is 0. The molecule has 3 heteroatoms. The van der Waals surface area contributed by atoms with Crippen LogP contribution >= 0.6 is 0 Å². The minimum absolute atomic E-state index is 0.210. The molecule has 0 bridgehead atoms. The minimum Gasteiger partial charge on any atom is -0.353 e. The van der Waals surface area contributed by atoms with E-state index in [2.05, 4.69) is 24.5 Å². The molecule has 2 N–H and O–H groups in total. The molecule has 1 amide bonds. The van der Waals surface area contributed by atoms with E-state index in [1.54, 1.807) is 0 Å². The van der Waals surface area contributed by atoms with Crippen LogP contribution < -0.4 is 10.6 Å². The molecule has 0 aromatic heterocycles. The third-order valence-electron chi connectivity index (χ3n) is 4.73. The molecule has 1 heterocycles. The lowest BCUT2D eigenvalue weighted by Crippen LogP contribution is -2.45. The van der Waals surface area contributed by atoms with Crippen molar-refractivity contribution in [1.29, 1.82) is 0 Å².